The van der Waals surface area contributed by atoms with Crippen LogP contribution in [0.3, 0.4) is 0 Å². The van der Waals surface area contributed by atoms with Gasteiger partial charge in [-0.1, -0.05) is 121 Å². The Labute approximate surface area is 231 Å². The molecule has 0 aliphatic rings. The zero-order valence-corrected chi connectivity index (χ0v) is 22.7. The van der Waals surface area contributed by atoms with E-state index >= 15 is 0 Å². The molecular weight excluding hydrogens is 488 g/mol. The molecule has 0 bridgehead atoms. The first-order valence-electron chi connectivity index (χ1n) is 13.3. The minimum Gasteiger partial charge on any atom is -0.356 e. The van der Waals surface area contributed by atoms with Gasteiger partial charge in [0, 0.05) is 22.7 Å². The van der Waals surface area contributed by atoms with E-state index in [1.54, 1.807) is 0 Å². The normalized spacial score (nSPS) is 11.1. The van der Waals surface area contributed by atoms with E-state index in [2.05, 4.69) is 168 Å². The van der Waals surface area contributed by atoms with Crippen molar-refractivity contribution in [2.45, 2.75) is 0 Å². The highest BCUT2D eigenvalue weighted by molar-refractivity contribution is 7.19. The van der Waals surface area contributed by atoms with E-state index in [0.29, 0.717) is 0 Å². The number of hydrogen-bond acceptors (Lipinski definition) is 2. The predicted octanol–water partition coefficient (Wildman–Crippen LogP) is 6.55. The molecular formula is C36H30N2Si. The van der Waals surface area contributed by atoms with E-state index in [4.69, 9.17) is 0 Å². The quantitative estimate of drug-likeness (QED) is 0.176. The maximum absolute atomic E-state index is 3.54. The van der Waals surface area contributed by atoms with Gasteiger partial charge >= 0.3 is 0 Å². The first-order valence-corrected chi connectivity index (χ1v) is 15.3. The molecule has 0 saturated heterocycles. The summed E-state index contributed by atoms with van der Waals surface area (Å²) in [5.74, 6) is 0. The molecule has 0 radical (unpaired) electrons. The van der Waals surface area contributed by atoms with Crippen LogP contribution in [-0.4, -0.2) is 8.07 Å². The van der Waals surface area contributed by atoms with Gasteiger partial charge < -0.3 is 10.6 Å². The van der Waals surface area contributed by atoms with Crippen LogP contribution < -0.4 is 31.4 Å². The molecule has 0 unspecified atom stereocenters. The molecule has 0 amide bonds. The summed E-state index contributed by atoms with van der Waals surface area (Å²) in [5, 5.41) is 12.5. The van der Waals surface area contributed by atoms with Gasteiger partial charge in [-0.25, -0.2) is 0 Å². The van der Waals surface area contributed by atoms with Crippen LogP contribution in [0.15, 0.2) is 170 Å². The number of hydrogen-bond donors (Lipinski definition) is 2. The van der Waals surface area contributed by atoms with E-state index in [1.165, 1.54) is 20.7 Å². The maximum Gasteiger partial charge on any atom is 0.179 e. The Bertz CT molecular complexity index is 1480. The lowest BCUT2D eigenvalue weighted by Gasteiger charge is -2.34. The number of anilines is 4. The Morgan fingerprint density at radius 2 is 0.513 bits per heavy atom. The molecule has 6 aromatic rings. The predicted molar refractivity (Wildman–Crippen MR) is 170 cm³/mol. The molecule has 0 aliphatic carbocycles. The highest BCUT2D eigenvalue weighted by atomic mass is 28.3. The Kier molecular flexibility index (Phi) is 7.06. The summed E-state index contributed by atoms with van der Waals surface area (Å²) in [6.45, 7) is 0. The molecule has 0 spiro atoms. The van der Waals surface area contributed by atoms with Crippen molar-refractivity contribution in [1.82, 2.24) is 0 Å². The molecule has 2 N–H and O–H groups in total. The summed E-state index contributed by atoms with van der Waals surface area (Å²) in [5.41, 5.74) is 4.33. The van der Waals surface area contributed by atoms with Crippen molar-refractivity contribution in [3.05, 3.63) is 170 Å². The fraction of sp³-hybridized carbons (Fsp3) is 0. The van der Waals surface area contributed by atoms with Crippen molar-refractivity contribution in [3.63, 3.8) is 0 Å². The molecule has 0 aliphatic heterocycles. The summed E-state index contributed by atoms with van der Waals surface area (Å²) in [6.07, 6.45) is 0. The topological polar surface area (TPSA) is 24.1 Å². The van der Waals surface area contributed by atoms with Gasteiger partial charge in [0.1, 0.15) is 0 Å². The van der Waals surface area contributed by atoms with Gasteiger partial charge in [-0.2, -0.15) is 0 Å². The zero-order valence-electron chi connectivity index (χ0n) is 21.7. The van der Waals surface area contributed by atoms with Crippen molar-refractivity contribution >= 4 is 51.6 Å². The first kappa shape index (κ1) is 24.5. The van der Waals surface area contributed by atoms with Crippen LogP contribution in [0.25, 0.3) is 0 Å². The van der Waals surface area contributed by atoms with Crippen molar-refractivity contribution in [3.8, 4) is 0 Å². The summed E-state index contributed by atoms with van der Waals surface area (Å²) < 4.78 is 0. The van der Waals surface area contributed by atoms with Gasteiger partial charge in [-0.15, -0.1) is 0 Å². The van der Waals surface area contributed by atoms with Gasteiger partial charge in [-0.05, 0) is 69.3 Å². The maximum atomic E-state index is 3.54. The van der Waals surface area contributed by atoms with E-state index in [0.717, 1.165) is 22.7 Å². The van der Waals surface area contributed by atoms with Crippen molar-refractivity contribution in [1.29, 1.82) is 0 Å². The van der Waals surface area contributed by atoms with Crippen LogP contribution in [0.1, 0.15) is 0 Å². The average Bonchev–Trinajstić information content (AvgIpc) is 3.01. The third-order valence-corrected chi connectivity index (χ3v) is 12.0. The van der Waals surface area contributed by atoms with Crippen LogP contribution in [0.2, 0.25) is 0 Å². The Morgan fingerprint density at radius 1 is 0.256 bits per heavy atom. The van der Waals surface area contributed by atoms with Gasteiger partial charge in [-0.3, -0.25) is 0 Å². The SMILES string of the molecule is c1ccc(Nc2ccc([Si](c3ccccc3)(c3ccccc3)c3ccc(Nc4ccccc4)cc3)cc2)cc1. The van der Waals surface area contributed by atoms with Crippen LogP contribution in [0.4, 0.5) is 22.7 Å². The van der Waals surface area contributed by atoms with Crippen LogP contribution in [0, 0.1) is 0 Å². The second-order valence-corrected chi connectivity index (χ2v) is 13.4. The monoisotopic (exact) mass is 518 g/mol. The van der Waals surface area contributed by atoms with E-state index in [-0.39, 0.29) is 0 Å². The largest absolute Gasteiger partial charge is 0.356 e. The molecule has 0 heterocycles. The van der Waals surface area contributed by atoms with Gasteiger partial charge in [0.05, 0.1) is 0 Å². The van der Waals surface area contributed by atoms with Crippen molar-refractivity contribution < 1.29 is 0 Å². The van der Waals surface area contributed by atoms with Gasteiger partial charge in [0.2, 0.25) is 0 Å². The van der Waals surface area contributed by atoms with Crippen LogP contribution in [0.5, 0.6) is 0 Å². The average molecular weight is 519 g/mol. The third kappa shape index (κ3) is 5.13. The Hall–Kier alpha value is -4.86. The van der Waals surface area contributed by atoms with Crippen molar-refractivity contribution in [2.75, 3.05) is 10.6 Å². The fourth-order valence-corrected chi connectivity index (χ4v) is 10.1. The van der Waals surface area contributed by atoms with E-state index < -0.39 is 8.07 Å². The lowest BCUT2D eigenvalue weighted by molar-refractivity contribution is 1.55. The number of nitrogens with one attached hydrogen (secondary N) is 2. The lowest BCUT2D eigenvalue weighted by atomic mass is 10.2. The summed E-state index contributed by atoms with van der Waals surface area (Å²) in [6, 6.07) is 60.8. The molecule has 6 aromatic carbocycles. The van der Waals surface area contributed by atoms with E-state index in [1.807, 2.05) is 12.1 Å². The molecule has 0 aromatic heterocycles. The molecule has 6 rings (SSSR count). The molecule has 39 heavy (non-hydrogen) atoms. The molecule has 2 nitrogen and oxygen atoms in total. The summed E-state index contributed by atoms with van der Waals surface area (Å²) in [7, 11) is -2.59. The minimum absolute atomic E-state index is 1.08. The highest BCUT2D eigenvalue weighted by Gasteiger charge is 2.41. The second-order valence-electron chi connectivity index (χ2n) is 9.62. The molecule has 188 valence electrons. The number of benzene rings is 6. The van der Waals surface area contributed by atoms with E-state index in [9.17, 15) is 0 Å². The molecule has 0 saturated carbocycles. The summed E-state index contributed by atoms with van der Waals surface area (Å²) >= 11 is 0. The standard InChI is InChI=1S/C36H30N2Si/c1-5-13-29(14-6-1)37-31-21-25-35(26-22-31)39(33-17-9-3-10-18-33,34-19-11-4-12-20-34)36-27-23-32(24-28-36)38-30-15-7-2-8-16-30/h1-28,37-38H. The van der Waals surface area contributed by atoms with Gasteiger partial charge in [0.25, 0.3) is 0 Å². The highest BCUT2D eigenvalue weighted by Crippen LogP contribution is 2.19. The van der Waals surface area contributed by atoms with Crippen LogP contribution >= 0.6 is 0 Å². The second kappa shape index (κ2) is 11.3. The lowest BCUT2D eigenvalue weighted by Crippen LogP contribution is -2.74. The van der Waals surface area contributed by atoms with Gasteiger partial charge in [0.15, 0.2) is 8.07 Å². The third-order valence-electron chi connectivity index (χ3n) is 7.17. The van der Waals surface area contributed by atoms with Crippen molar-refractivity contribution in [2.24, 2.45) is 0 Å². The zero-order chi connectivity index (χ0) is 26.3. The van der Waals surface area contributed by atoms with Crippen LogP contribution in [-0.2, 0) is 0 Å². The Balaban J connectivity index is 1.47. The Morgan fingerprint density at radius 3 is 0.846 bits per heavy atom. The number of rotatable bonds is 8. The smallest absolute Gasteiger partial charge is 0.179 e. The molecule has 3 heteroatoms. The molecule has 0 atom stereocenters. The first-order chi connectivity index (χ1) is 19.3. The number of para-hydroxylation sites is 2. The fourth-order valence-electron chi connectivity index (χ4n) is 5.36. The minimum atomic E-state index is -2.59. The molecule has 0 fully saturated rings. The summed E-state index contributed by atoms with van der Waals surface area (Å²) in [4.78, 5) is 0.